The molecular formula is C25H26Cl2Ti. The molecule has 0 saturated heterocycles. The van der Waals surface area contributed by atoms with Gasteiger partial charge < -0.3 is 24.8 Å². The normalized spacial score (nSPS) is 15.9. The van der Waals surface area contributed by atoms with Gasteiger partial charge in [0.1, 0.15) is 0 Å². The Kier molecular flexibility index (Phi) is 6.88. The predicted octanol–water partition coefficient (Wildman–Crippen LogP) is -0.284. The van der Waals surface area contributed by atoms with Gasteiger partial charge in [-0.2, -0.15) is 0 Å². The van der Waals surface area contributed by atoms with Crippen LogP contribution in [-0.2, 0) is 23.8 Å². The van der Waals surface area contributed by atoms with E-state index in [2.05, 4.69) is 62.4 Å². The van der Waals surface area contributed by atoms with Crippen molar-refractivity contribution in [1.29, 1.82) is 0 Å². The number of rotatable bonds is 2. The molecule has 0 amide bonds. The number of allylic oxidation sites excluding steroid dienone is 4. The first-order chi connectivity index (χ1) is 12.7. The molecule has 0 aliphatic heterocycles. The molecule has 0 N–H and O–H groups in total. The zero-order valence-electron chi connectivity index (χ0n) is 16.6. The molecule has 28 heavy (non-hydrogen) atoms. The summed E-state index contributed by atoms with van der Waals surface area (Å²) >= 11 is -1.56. The number of fused-ring (bicyclic) bond motifs is 3. The average Bonchev–Trinajstić information content (AvgIpc) is 3.37. The number of hydrogen-bond acceptors (Lipinski definition) is 0. The summed E-state index contributed by atoms with van der Waals surface area (Å²) in [7, 11) is 0. The zero-order valence-corrected chi connectivity index (χ0v) is 19.7. The topological polar surface area (TPSA) is 0 Å². The first-order valence-corrected chi connectivity index (χ1v) is 12.4. The Balaban J connectivity index is 0.00000112. The molecule has 5 rings (SSSR count). The van der Waals surface area contributed by atoms with E-state index < -0.39 is 17.4 Å². The van der Waals surface area contributed by atoms with Crippen LogP contribution in [0, 0.1) is 13.8 Å². The minimum atomic E-state index is -1.56. The van der Waals surface area contributed by atoms with Gasteiger partial charge in [-0.3, -0.25) is 0 Å². The van der Waals surface area contributed by atoms with Crippen molar-refractivity contribution in [2.75, 3.05) is 0 Å². The van der Waals surface area contributed by atoms with Crippen molar-refractivity contribution in [3.05, 3.63) is 74.7 Å². The van der Waals surface area contributed by atoms with Gasteiger partial charge in [0.05, 0.1) is 0 Å². The fraction of sp³-hybridized carbons (Fsp3) is 0.320. The summed E-state index contributed by atoms with van der Waals surface area (Å²) in [5.74, 6) is 0. The van der Waals surface area contributed by atoms with Crippen LogP contribution in [0.2, 0.25) is 0 Å². The van der Waals surface area contributed by atoms with E-state index in [0.717, 1.165) is 6.42 Å². The molecule has 3 aliphatic carbocycles. The molecule has 0 atom stereocenters. The molecule has 3 heteroatoms. The van der Waals surface area contributed by atoms with Gasteiger partial charge >= 0.3 is 163 Å². The second-order valence-corrected chi connectivity index (χ2v) is 12.2. The van der Waals surface area contributed by atoms with Crippen LogP contribution in [-0.4, -0.2) is 3.81 Å². The van der Waals surface area contributed by atoms with E-state index in [1.807, 2.05) is 3.81 Å². The molecule has 0 unspecified atom stereocenters. The standard InChI is InChI=1S/C15H13.C5H8.C5H5.2ClH.Ti/c1-10-3-5-14-12(7-10)9-13-8-11(2)4-6-15(13)14;2*1-2-4-5-3-1;;;/h3-7H,9H2,1-2H3;1-4H2;1-3H,4H2;2*1H;/q;;;;;+2/p-2. The van der Waals surface area contributed by atoms with Crippen LogP contribution in [0.3, 0.4) is 0 Å². The Morgan fingerprint density at radius 2 is 1.64 bits per heavy atom. The molecule has 2 aromatic carbocycles. The maximum absolute atomic E-state index is 2.46. The summed E-state index contributed by atoms with van der Waals surface area (Å²) < 4.78 is 5.53. The summed E-state index contributed by atoms with van der Waals surface area (Å²) in [6.07, 6.45) is 15.1. The molecule has 1 saturated carbocycles. The Bertz CT molecular complexity index is 1000. The molecule has 0 aromatic heterocycles. The van der Waals surface area contributed by atoms with Crippen LogP contribution in [0.1, 0.15) is 54.4 Å². The summed E-state index contributed by atoms with van der Waals surface area (Å²) in [4.78, 5) is 0. The Labute approximate surface area is 187 Å². The van der Waals surface area contributed by atoms with Crippen molar-refractivity contribution in [3.8, 4) is 11.1 Å². The van der Waals surface area contributed by atoms with Gasteiger partial charge in [-0.05, 0) is 0 Å². The van der Waals surface area contributed by atoms with Gasteiger partial charge in [-0.1, -0.05) is 0 Å². The first kappa shape index (κ1) is 21.8. The summed E-state index contributed by atoms with van der Waals surface area (Å²) in [6.45, 7) is 4.59. The van der Waals surface area contributed by atoms with Crippen LogP contribution in [0.25, 0.3) is 11.1 Å². The van der Waals surface area contributed by atoms with Gasteiger partial charge in [-0.15, -0.1) is 0 Å². The molecule has 0 radical (unpaired) electrons. The molecule has 2 aromatic rings. The second-order valence-electron chi connectivity index (χ2n) is 8.13. The molecule has 1 fully saturated rings. The monoisotopic (exact) mass is 444 g/mol. The Hall–Kier alpha value is -0.916. The number of benzene rings is 2. The van der Waals surface area contributed by atoms with Crippen molar-refractivity contribution < 1.29 is 42.2 Å². The molecular weight excluding hydrogens is 419 g/mol. The third-order valence-electron chi connectivity index (χ3n) is 6.34. The van der Waals surface area contributed by atoms with Gasteiger partial charge in [0, 0.05) is 0 Å². The van der Waals surface area contributed by atoms with E-state index in [-0.39, 0.29) is 24.8 Å². The van der Waals surface area contributed by atoms with Crippen molar-refractivity contribution in [2.45, 2.75) is 52.4 Å². The minimum absolute atomic E-state index is 0. The van der Waals surface area contributed by atoms with E-state index in [1.165, 1.54) is 48.8 Å². The van der Waals surface area contributed by atoms with Crippen LogP contribution < -0.4 is 28.7 Å². The molecule has 0 nitrogen and oxygen atoms in total. The maximum atomic E-state index is 2.46. The Morgan fingerprint density at radius 1 is 0.893 bits per heavy atom. The fourth-order valence-corrected chi connectivity index (χ4v) is 10.7. The molecule has 0 spiro atoms. The zero-order chi connectivity index (χ0) is 17.7. The van der Waals surface area contributed by atoms with E-state index in [0.29, 0.717) is 0 Å². The average molecular weight is 445 g/mol. The summed E-state index contributed by atoms with van der Waals surface area (Å²) in [5, 5.41) is 0. The van der Waals surface area contributed by atoms with Gasteiger partial charge in [0.25, 0.3) is 0 Å². The predicted molar refractivity (Wildman–Crippen MR) is 109 cm³/mol. The first-order valence-electron chi connectivity index (χ1n) is 10.0. The van der Waals surface area contributed by atoms with E-state index in [4.69, 9.17) is 0 Å². The van der Waals surface area contributed by atoms with Crippen LogP contribution in [0.4, 0.5) is 0 Å². The molecule has 0 bridgehead atoms. The van der Waals surface area contributed by atoms with Gasteiger partial charge in [0.2, 0.25) is 0 Å². The smallest absolute Gasteiger partial charge is 1.00 e. The van der Waals surface area contributed by atoms with Crippen LogP contribution in [0.15, 0.2) is 52.4 Å². The van der Waals surface area contributed by atoms with Crippen molar-refractivity contribution >= 4 is 7.68 Å². The largest absolute Gasteiger partial charge is 1.00 e. The van der Waals surface area contributed by atoms with E-state index >= 15 is 0 Å². The van der Waals surface area contributed by atoms with Crippen molar-refractivity contribution in [3.63, 3.8) is 0 Å². The van der Waals surface area contributed by atoms with Crippen molar-refractivity contribution in [2.24, 2.45) is 0 Å². The van der Waals surface area contributed by atoms with Crippen molar-refractivity contribution in [1.82, 2.24) is 0 Å². The minimum Gasteiger partial charge on any atom is -1.00 e. The molecule has 3 aliphatic rings. The maximum Gasteiger partial charge on any atom is -1.00 e. The van der Waals surface area contributed by atoms with Crippen LogP contribution in [0.5, 0.6) is 0 Å². The van der Waals surface area contributed by atoms with E-state index in [9.17, 15) is 0 Å². The van der Waals surface area contributed by atoms with Gasteiger partial charge in [0.15, 0.2) is 0 Å². The quantitative estimate of drug-likeness (QED) is 0.477. The fourth-order valence-electron chi connectivity index (χ4n) is 5.12. The molecule has 144 valence electrons. The van der Waals surface area contributed by atoms with Crippen LogP contribution >= 0.6 is 0 Å². The number of aryl methyl sites for hydroxylation is 2. The Morgan fingerprint density at radius 3 is 2.36 bits per heavy atom. The number of halogens is 2. The second kappa shape index (κ2) is 8.84. The van der Waals surface area contributed by atoms with E-state index in [1.54, 1.807) is 24.4 Å². The summed E-state index contributed by atoms with van der Waals surface area (Å²) in [6, 6.07) is 11.8. The number of hydrogen-bond donors (Lipinski definition) is 0. The van der Waals surface area contributed by atoms with Gasteiger partial charge in [-0.25, -0.2) is 0 Å². The third-order valence-corrected chi connectivity index (χ3v) is 11.7. The SMILES string of the molecule is Cc1ccc2c(c1)Cc1c-2ccc(C)[c]1[Ti+2]([C]1=CC=CC1)=[C]1CCCC1.[Cl-].[Cl-]. The molecule has 0 heterocycles. The summed E-state index contributed by atoms with van der Waals surface area (Å²) in [5.41, 5.74) is 9.16. The third kappa shape index (κ3) is 3.66.